The lowest BCUT2D eigenvalue weighted by Crippen LogP contribution is -2.24. The molecule has 17 heavy (non-hydrogen) atoms. The second-order valence-corrected chi connectivity index (χ2v) is 4.68. The van der Waals surface area contributed by atoms with Crippen LogP contribution in [0.4, 0.5) is 0 Å². The third-order valence-corrected chi connectivity index (χ3v) is 3.23. The number of hydrogen-bond acceptors (Lipinski definition) is 5. The number of aryl methyl sites for hydroxylation is 1. The summed E-state index contributed by atoms with van der Waals surface area (Å²) in [7, 11) is 3.29. The molecule has 1 aliphatic heterocycles. The van der Waals surface area contributed by atoms with E-state index in [1.165, 1.54) is 7.11 Å². The van der Waals surface area contributed by atoms with Gasteiger partial charge in [-0.05, 0) is 5.92 Å². The lowest BCUT2D eigenvalue weighted by Gasteiger charge is -2.12. The molecule has 0 radical (unpaired) electrons. The highest BCUT2D eigenvalue weighted by Gasteiger charge is 2.35. The standard InChI is InChI=1S/C11H18N4O2/c1-8-4-15(7-10(8)11(16)17-3)6-9-5-14(2)13-12-9/h5,8,10H,4,6-7H2,1-3H3. The SMILES string of the molecule is COC(=O)C1CN(Cc2cn(C)nn2)CC1C. The quantitative estimate of drug-likeness (QED) is 0.697. The summed E-state index contributed by atoms with van der Waals surface area (Å²) in [6, 6.07) is 0. The van der Waals surface area contributed by atoms with E-state index in [-0.39, 0.29) is 11.9 Å². The molecular weight excluding hydrogens is 220 g/mol. The number of methoxy groups -OCH3 is 1. The minimum absolute atomic E-state index is 0.0170. The maximum atomic E-state index is 11.5. The van der Waals surface area contributed by atoms with Crippen LogP contribution in [0, 0.1) is 11.8 Å². The van der Waals surface area contributed by atoms with E-state index in [9.17, 15) is 4.79 Å². The predicted molar refractivity (Wildman–Crippen MR) is 61.0 cm³/mol. The first-order chi connectivity index (χ1) is 8.10. The number of nitrogens with zero attached hydrogens (tertiary/aromatic N) is 4. The van der Waals surface area contributed by atoms with Crippen LogP contribution in [0.1, 0.15) is 12.6 Å². The zero-order chi connectivity index (χ0) is 12.4. The zero-order valence-electron chi connectivity index (χ0n) is 10.5. The fourth-order valence-corrected chi connectivity index (χ4v) is 2.35. The Labute approximate surface area is 101 Å². The Kier molecular flexibility index (Phi) is 3.42. The Morgan fingerprint density at radius 1 is 1.59 bits per heavy atom. The molecule has 1 aliphatic rings. The largest absolute Gasteiger partial charge is 0.469 e. The molecule has 0 bridgehead atoms. The topological polar surface area (TPSA) is 60.2 Å². The van der Waals surface area contributed by atoms with Crippen molar-refractivity contribution in [2.24, 2.45) is 18.9 Å². The summed E-state index contributed by atoms with van der Waals surface area (Å²) in [5.74, 6) is 0.204. The van der Waals surface area contributed by atoms with Crippen molar-refractivity contribution in [3.05, 3.63) is 11.9 Å². The number of esters is 1. The highest BCUT2D eigenvalue weighted by molar-refractivity contribution is 5.73. The van der Waals surface area contributed by atoms with Crippen molar-refractivity contribution in [3.63, 3.8) is 0 Å². The van der Waals surface area contributed by atoms with Crippen LogP contribution >= 0.6 is 0 Å². The molecule has 0 aliphatic carbocycles. The molecule has 0 aromatic carbocycles. The molecule has 2 unspecified atom stereocenters. The van der Waals surface area contributed by atoms with Gasteiger partial charge in [-0.25, -0.2) is 0 Å². The van der Waals surface area contributed by atoms with Crippen molar-refractivity contribution in [1.82, 2.24) is 19.9 Å². The predicted octanol–water partition coefficient (Wildman–Crippen LogP) is 0.0560. The minimum atomic E-state index is -0.112. The lowest BCUT2D eigenvalue weighted by molar-refractivity contribution is -0.146. The third-order valence-electron chi connectivity index (χ3n) is 3.23. The first kappa shape index (κ1) is 12.0. The van der Waals surface area contributed by atoms with E-state index in [0.29, 0.717) is 5.92 Å². The summed E-state index contributed by atoms with van der Waals surface area (Å²) >= 11 is 0. The highest BCUT2D eigenvalue weighted by atomic mass is 16.5. The van der Waals surface area contributed by atoms with Gasteiger partial charge in [-0.2, -0.15) is 0 Å². The molecule has 0 spiro atoms. The Hall–Kier alpha value is -1.43. The molecule has 1 saturated heterocycles. The van der Waals surface area contributed by atoms with Crippen LogP contribution in [-0.2, 0) is 23.1 Å². The van der Waals surface area contributed by atoms with E-state index in [0.717, 1.165) is 25.3 Å². The van der Waals surface area contributed by atoms with Gasteiger partial charge < -0.3 is 4.74 Å². The Bertz CT molecular complexity index is 404. The van der Waals surface area contributed by atoms with Gasteiger partial charge in [0.2, 0.25) is 0 Å². The number of aromatic nitrogens is 3. The normalized spacial score (nSPS) is 25.1. The fourth-order valence-electron chi connectivity index (χ4n) is 2.35. The van der Waals surface area contributed by atoms with Gasteiger partial charge in [-0.3, -0.25) is 14.4 Å². The van der Waals surface area contributed by atoms with Crippen LogP contribution in [0.5, 0.6) is 0 Å². The molecule has 6 heteroatoms. The highest BCUT2D eigenvalue weighted by Crippen LogP contribution is 2.24. The lowest BCUT2D eigenvalue weighted by atomic mass is 9.99. The molecule has 0 amide bonds. The van der Waals surface area contributed by atoms with Gasteiger partial charge in [0.1, 0.15) is 0 Å². The van der Waals surface area contributed by atoms with E-state index in [4.69, 9.17) is 4.74 Å². The van der Waals surface area contributed by atoms with E-state index in [1.54, 1.807) is 4.68 Å². The van der Waals surface area contributed by atoms with E-state index >= 15 is 0 Å². The maximum Gasteiger partial charge on any atom is 0.310 e. The van der Waals surface area contributed by atoms with Gasteiger partial charge in [0.15, 0.2) is 0 Å². The van der Waals surface area contributed by atoms with Crippen LogP contribution in [0.3, 0.4) is 0 Å². The molecule has 1 fully saturated rings. The first-order valence-corrected chi connectivity index (χ1v) is 5.75. The fraction of sp³-hybridized carbons (Fsp3) is 0.727. The average molecular weight is 238 g/mol. The average Bonchev–Trinajstić information content (AvgIpc) is 2.85. The third kappa shape index (κ3) is 2.63. The summed E-state index contributed by atoms with van der Waals surface area (Å²) < 4.78 is 6.50. The molecule has 2 rings (SSSR count). The number of rotatable bonds is 3. The zero-order valence-corrected chi connectivity index (χ0v) is 10.5. The van der Waals surface area contributed by atoms with Crippen molar-refractivity contribution >= 4 is 5.97 Å². The van der Waals surface area contributed by atoms with Crippen molar-refractivity contribution < 1.29 is 9.53 Å². The first-order valence-electron chi connectivity index (χ1n) is 5.75. The van der Waals surface area contributed by atoms with Crippen LogP contribution in [0.25, 0.3) is 0 Å². The van der Waals surface area contributed by atoms with E-state index in [2.05, 4.69) is 22.1 Å². The Balaban J connectivity index is 1.95. The summed E-state index contributed by atoms with van der Waals surface area (Å²) in [6.07, 6.45) is 1.90. The van der Waals surface area contributed by atoms with Crippen LogP contribution in [0.2, 0.25) is 0 Å². The van der Waals surface area contributed by atoms with Gasteiger partial charge in [0.05, 0.1) is 18.7 Å². The summed E-state index contributed by atoms with van der Waals surface area (Å²) in [5, 5.41) is 7.95. The van der Waals surface area contributed by atoms with Gasteiger partial charge >= 0.3 is 5.97 Å². The molecule has 94 valence electrons. The van der Waals surface area contributed by atoms with Gasteiger partial charge in [-0.15, -0.1) is 5.10 Å². The Morgan fingerprint density at radius 3 is 2.94 bits per heavy atom. The van der Waals surface area contributed by atoms with Gasteiger partial charge in [0, 0.05) is 32.9 Å². The van der Waals surface area contributed by atoms with Crippen LogP contribution in [0.15, 0.2) is 6.20 Å². The molecule has 1 aromatic heterocycles. The smallest absolute Gasteiger partial charge is 0.310 e. The summed E-state index contributed by atoms with van der Waals surface area (Å²) in [4.78, 5) is 13.8. The number of hydrogen-bond donors (Lipinski definition) is 0. The van der Waals surface area contributed by atoms with E-state index in [1.807, 2.05) is 13.2 Å². The summed E-state index contributed by atoms with van der Waals surface area (Å²) in [6.45, 7) is 4.46. The monoisotopic (exact) mass is 238 g/mol. The van der Waals surface area contributed by atoms with Crippen molar-refractivity contribution in [1.29, 1.82) is 0 Å². The second kappa shape index (κ2) is 4.83. The van der Waals surface area contributed by atoms with Crippen molar-refractivity contribution in [2.75, 3.05) is 20.2 Å². The van der Waals surface area contributed by atoms with Crippen LogP contribution < -0.4 is 0 Å². The molecule has 2 heterocycles. The molecule has 0 N–H and O–H groups in total. The molecule has 6 nitrogen and oxygen atoms in total. The number of carbonyl (C=O) groups is 1. The number of ether oxygens (including phenoxy) is 1. The van der Waals surface area contributed by atoms with Gasteiger partial charge in [0.25, 0.3) is 0 Å². The molecule has 2 atom stereocenters. The second-order valence-electron chi connectivity index (χ2n) is 4.68. The number of carbonyl (C=O) groups excluding carboxylic acids is 1. The van der Waals surface area contributed by atoms with Gasteiger partial charge in [-0.1, -0.05) is 12.1 Å². The van der Waals surface area contributed by atoms with Crippen molar-refractivity contribution in [2.45, 2.75) is 13.5 Å². The maximum absolute atomic E-state index is 11.5. The van der Waals surface area contributed by atoms with Crippen molar-refractivity contribution in [3.8, 4) is 0 Å². The number of likely N-dealkylation sites (tertiary alicyclic amines) is 1. The molecular formula is C11H18N4O2. The summed E-state index contributed by atoms with van der Waals surface area (Å²) in [5.41, 5.74) is 0.935. The minimum Gasteiger partial charge on any atom is -0.469 e. The Morgan fingerprint density at radius 2 is 2.35 bits per heavy atom. The molecule has 1 aromatic rings. The molecule has 0 saturated carbocycles. The van der Waals surface area contributed by atoms with E-state index < -0.39 is 0 Å². The van der Waals surface area contributed by atoms with Crippen LogP contribution in [-0.4, -0.2) is 46.1 Å².